The predicted molar refractivity (Wildman–Crippen MR) is 76.7 cm³/mol. The molecular weight excluding hydrogens is 293 g/mol. The molecule has 0 atom stereocenters. The van der Waals surface area contributed by atoms with E-state index in [4.69, 9.17) is 26.0 Å². The number of furan rings is 1. The lowest BCUT2D eigenvalue weighted by Gasteiger charge is -2.07. The van der Waals surface area contributed by atoms with Crippen LogP contribution >= 0.6 is 11.6 Å². The Balaban J connectivity index is 1.95. The second-order valence-electron chi connectivity index (χ2n) is 4.37. The van der Waals surface area contributed by atoms with Crippen molar-refractivity contribution in [3.8, 4) is 11.8 Å². The van der Waals surface area contributed by atoms with Gasteiger partial charge in [0, 0.05) is 5.56 Å². The van der Waals surface area contributed by atoms with Crippen molar-refractivity contribution in [2.24, 2.45) is 0 Å². The van der Waals surface area contributed by atoms with Gasteiger partial charge in [0.1, 0.15) is 24.1 Å². The van der Waals surface area contributed by atoms with Crippen LogP contribution in [0.15, 0.2) is 46.9 Å². The molecule has 1 aromatic heterocycles. The van der Waals surface area contributed by atoms with Crippen molar-refractivity contribution in [1.82, 2.24) is 0 Å². The zero-order valence-electron chi connectivity index (χ0n) is 10.8. The summed E-state index contributed by atoms with van der Waals surface area (Å²) in [5.74, 6) is -0.0764. The minimum atomic E-state index is -0.504. The van der Waals surface area contributed by atoms with E-state index in [1.807, 2.05) is 12.1 Å². The third kappa shape index (κ3) is 2.44. The van der Waals surface area contributed by atoms with Gasteiger partial charge < -0.3 is 9.15 Å². The van der Waals surface area contributed by atoms with Crippen molar-refractivity contribution in [3.05, 3.63) is 64.6 Å². The molecule has 0 aliphatic rings. The first-order valence-corrected chi connectivity index (χ1v) is 6.56. The Morgan fingerprint density at radius 3 is 2.81 bits per heavy atom. The fourth-order valence-corrected chi connectivity index (χ4v) is 2.23. The van der Waals surface area contributed by atoms with Gasteiger partial charge in [-0.2, -0.15) is 5.26 Å². The van der Waals surface area contributed by atoms with Crippen LogP contribution in [0.1, 0.15) is 11.3 Å². The number of ether oxygens (including phenoxy) is 1. The van der Waals surface area contributed by atoms with Crippen LogP contribution in [-0.4, -0.2) is 0 Å². The van der Waals surface area contributed by atoms with Gasteiger partial charge in [-0.05, 0) is 18.2 Å². The lowest BCUT2D eigenvalue weighted by molar-refractivity contribution is 0.303. The van der Waals surface area contributed by atoms with Crippen molar-refractivity contribution in [2.45, 2.75) is 6.61 Å². The average molecular weight is 302 g/mol. The first-order valence-electron chi connectivity index (χ1n) is 6.18. The lowest BCUT2D eigenvalue weighted by atomic mass is 10.2. The quantitative estimate of drug-likeness (QED) is 0.706. The molecule has 0 saturated heterocycles. The molecule has 0 fully saturated rings. The van der Waals surface area contributed by atoms with E-state index in [2.05, 4.69) is 0 Å². The van der Waals surface area contributed by atoms with Crippen LogP contribution in [0.25, 0.3) is 11.0 Å². The fraction of sp³-hybridized carbons (Fsp3) is 0.0625. The van der Waals surface area contributed by atoms with Crippen molar-refractivity contribution < 1.29 is 13.5 Å². The normalized spacial score (nSPS) is 10.5. The van der Waals surface area contributed by atoms with Gasteiger partial charge in [-0.1, -0.05) is 35.9 Å². The third-order valence-electron chi connectivity index (χ3n) is 3.06. The molecular formula is C16H9ClFNO2. The topological polar surface area (TPSA) is 46.2 Å². The molecule has 0 radical (unpaired) electrons. The molecule has 104 valence electrons. The molecule has 2 aromatic carbocycles. The van der Waals surface area contributed by atoms with E-state index in [0.29, 0.717) is 22.3 Å². The van der Waals surface area contributed by atoms with Crippen molar-refractivity contribution in [2.75, 3.05) is 0 Å². The van der Waals surface area contributed by atoms with Crippen LogP contribution in [0.2, 0.25) is 5.02 Å². The van der Waals surface area contributed by atoms with E-state index in [9.17, 15) is 4.39 Å². The summed E-state index contributed by atoms with van der Waals surface area (Å²) in [4.78, 5) is 0. The zero-order chi connectivity index (χ0) is 14.8. The Labute approximate surface area is 125 Å². The zero-order valence-corrected chi connectivity index (χ0v) is 11.5. The van der Waals surface area contributed by atoms with Crippen molar-refractivity contribution in [1.29, 1.82) is 5.26 Å². The van der Waals surface area contributed by atoms with E-state index in [-0.39, 0.29) is 17.4 Å². The van der Waals surface area contributed by atoms with Gasteiger partial charge in [-0.15, -0.1) is 0 Å². The maximum Gasteiger partial charge on any atom is 0.246 e. The summed E-state index contributed by atoms with van der Waals surface area (Å²) in [6.45, 7) is 0.0504. The van der Waals surface area contributed by atoms with Crippen molar-refractivity contribution >= 4 is 22.6 Å². The van der Waals surface area contributed by atoms with Crippen LogP contribution in [-0.2, 0) is 6.61 Å². The lowest BCUT2D eigenvalue weighted by Crippen LogP contribution is -1.98. The maximum atomic E-state index is 13.4. The molecule has 0 aliphatic heterocycles. The standard InChI is InChI=1S/C16H9ClFNO2/c17-15-10(4-3-6-12(15)18)9-20-16-11-5-1-2-7-13(11)21-14(16)8-19/h1-7H,9H2. The summed E-state index contributed by atoms with van der Waals surface area (Å²) >= 11 is 5.88. The van der Waals surface area contributed by atoms with Gasteiger partial charge >= 0.3 is 0 Å². The van der Waals surface area contributed by atoms with E-state index in [0.717, 1.165) is 0 Å². The molecule has 0 amide bonds. The summed E-state index contributed by atoms with van der Waals surface area (Å²) in [6.07, 6.45) is 0. The highest BCUT2D eigenvalue weighted by molar-refractivity contribution is 6.31. The van der Waals surface area contributed by atoms with Crippen LogP contribution in [0.5, 0.6) is 5.75 Å². The number of hydrogen-bond donors (Lipinski definition) is 0. The van der Waals surface area contributed by atoms with Crippen molar-refractivity contribution in [3.63, 3.8) is 0 Å². The summed E-state index contributed by atoms with van der Waals surface area (Å²) in [7, 11) is 0. The van der Waals surface area contributed by atoms with Crippen LogP contribution in [0.3, 0.4) is 0 Å². The van der Waals surface area contributed by atoms with Gasteiger partial charge in [-0.25, -0.2) is 4.39 Å². The SMILES string of the molecule is N#Cc1oc2ccccc2c1OCc1cccc(F)c1Cl. The second kappa shape index (κ2) is 5.47. The van der Waals surface area contributed by atoms with Crippen LogP contribution < -0.4 is 4.74 Å². The number of fused-ring (bicyclic) bond motifs is 1. The van der Waals surface area contributed by atoms with Gasteiger partial charge in [0.2, 0.25) is 5.76 Å². The number of nitriles is 1. The summed E-state index contributed by atoms with van der Waals surface area (Å²) < 4.78 is 24.4. The molecule has 1 heterocycles. The van der Waals surface area contributed by atoms with Gasteiger partial charge in [0.05, 0.1) is 10.4 Å². The molecule has 0 spiro atoms. The minimum absolute atomic E-state index is 0.0174. The highest BCUT2D eigenvalue weighted by Gasteiger charge is 2.16. The summed E-state index contributed by atoms with van der Waals surface area (Å²) in [5.41, 5.74) is 1.07. The number of nitrogens with zero attached hydrogens (tertiary/aromatic N) is 1. The smallest absolute Gasteiger partial charge is 0.246 e. The maximum absolute atomic E-state index is 13.4. The van der Waals surface area contributed by atoms with Crippen LogP contribution in [0, 0.1) is 17.1 Å². The Kier molecular flexibility index (Phi) is 3.51. The summed E-state index contributed by atoms with van der Waals surface area (Å²) in [6, 6.07) is 13.6. The molecule has 5 heteroatoms. The van der Waals surface area contributed by atoms with E-state index < -0.39 is 5.82 Å². The van der Waals surface area contributed by atoms with E-state index >= 15 is 0 Å². The molecule has 0 N–H and O–H groups in total. The number of benzene rings is 2. The van der Waals surface area contributed by atoms with E-state index in [1.54, 1.807) is 30.3 Å². The highest BCUT2D eigenvalue weighted by Crippen LogP contribution is 2.33. The number of hydrogen-bond acceptors (Lipinski definition) is 3. The first kappa shape index (κ1) is 13.5. The largest absolute Gasteiger partial charge is 0.483 e. The Hall–Kier alpha value is -2.51. The van der Waals surface area contributed by atoms with Crippen LogP contribution in [0.4, 0.5) is 4.39 Å². The molecule has 3 aromatic rings. The number of para-hydroxylation sites is 1. The number of rotatable bonds is 3. The molecule has 0 unspecified atom stereocenters. The third-order valence-corrected chi connectivity index (χ3v) is 3.48. The first-order chi connectivity index (χ1) is 10.2. The molecule has 0 saturated carbocycles. The predicted octanol–water partition coefficient (Wildman–Crippen LogP) is 4.68. The molecule has 0 aliphatic carbocycles. The molecule has 3 rings (SSSR count). The molecule has 0 bridgehead atoms. The number of halogens is 2. The Morgan fingerprint density at radius 2 is 2.00 bits per heavy atom. The minimum Gasteiger partial charge on any atom is -0.483 e. The second-order valence-corrected chi connectivity index (χ2v) is 4.75. The Morgan fingerprint density at radius 1 is 1.19 bits per heavy atom. The summed E-state index contributed by atoms with van der Waals surface area (Å²) in [5, 5.41) is 9.82. The monoisotopic (exact) mass is 301 g/mol. The van der Waals surface area contributed by atoms with Gasteiger partial charge in [0.25, 0.3) is 0 Å². The Bertz CT molecular complexity index is 851. The van der Waals surface area contributed by atoms with E-state index in [1.165, 1.54) is 6.07 Å². The molecule has 3 nitrogen and oxygen atoms in total. The fourth-order valence-electron chi connectivity index (χ4n) is 2.05. The van der Waals surface area contributed by atoms with Gasteiger partial charge in [0.15, 0.2) is 5.75 Å². The molecule has 21 heavy (non-hydrogen) atoms. The highest BCUT2D eigenvalue weighted by atomic mass is 35.5. The van der Waals surface area contributed by atoms with Gasteiger partial charge in [-0.3, -0.25) is 0 Å². The average Bonchev–Trinajstić information content (AvgIpc) is 2.86.